The van der Waals surface area contributed by atoms with Gasteiger partial charge < -0.3 is 24.2 Å². The molecule has 10 nitrogen and oxygen atoms in total. The van der Waals surface area contributed by atoms with Crippen molar-refractivity contribution >= 4 is 28.9 Å². The number of nitrogens with zero attached hydrogens (tertiary/aromatic N) is 6. The second kappa shape index (κ2) is 17.6. The minimum absolute atomic E-state index is 0.0455. The normalized spacial score (nSPS) is 20.1. The first-order chi connectivity index (χ1) is 26.7. The third-order valence-corrected chi connectivity index (χ3v) is 11.8. The second-order valence-corrected chi connectivity index (χ2v) is 15.8. The van der Waals surface area contributed by atoms with Crippen molar-refractivity contribution in [2.45, 2.75) is 52.0 Å². The molecule has 4 aromatic rings. The molecule has 12 heteroatoms. The average molecular weight is 784 g/mol. The molecule has 4 heterocycles. The van der Waals surface area contributed by atoms with Crippen LogP contribution in [0.25, 0.3) is 11.1 Å². The van der Waals surface area contributed by atoms with Crippen molar-refractivity contribution in [3.05, 3.63) is 105 Å². The molecular formula is C43H48Cl2N6O4. The van der Waals surface area contributed by atoms with Gasteiger partial charge in [0, 0.05) is 80.2 Å². The predicted octanol–water partition coefficient (Wildman–Crippen LogP) is 7.60. The Bertz CT molecular complexity index is 2070. The molecule has 3 aromatic carbocycles. The number of rotatable bonds is 13. The van der Waals surface area contributed by atoms with E-state index in [9.17, 15) is 10.4 Å². The highest BCUT2D eigenvalue weighted by Gasteiger charge is 2.39. The fraction of sp³-hybridized carbons (Fsp3) is 0.419. The largest absolute Gasteiger partial charge is 0.492 e. The van der Waals surface area contributed by atoms with E-state index in [2.05, 4.69) is 52.1 Å². The van der Waals surface area contributed by atoms with Crippen LogP contribution in [0.2, 0.25) is 10.0 Å². The Morgan fingerprint density at radius 3 is 2.53 bits per heavy atom. The number of pyridine rings is 1. The van der Waals surface area contributed by atoms with Crippen LogP contribution in [0, 0.1) is 30.1 Å². The van der Waals surface area contributed by atoms with Crippen molar-refractivity contribution in [1.82, 2.24) is 19.8 Å². The van der Waals surface area contributed by atoms with Gasteiger partial charge in [-0.25, -0.2) is 0 Å². The summed E-state index contributed by atoms with van der Waals surface area (Å²) in [6.07, 6.45) is 6.52. The summed E-state index contributed by atoms with van der Waals surface area (Å²) in [7, 11) is 4.14. The smallest absolute Gasteiger partial charge is 0.142 e. The summed E-state index contributed by atoms with van der Waals surface area (Å²) in [4.78, 5) is 8.92. The number of aromatic nitrogens is 1. The van der Waals surface area contributed by atoms with Crippen LogP contribution < -0.4 is 14.2 Å². The fourth-order valence-electron chi connectivity index (χ4n) is 8.13. The maximum Gasteiger partial charge on any atom is 0.142 e. The number of hydrazone groups is 1. The summed E-state index contributed by atoms with van der Waals surface area (Å²) in [6, 6.07) is 20.1. The van der Waals surface area contributed by atoms with Crippen LogP contribution in [0.5, 0.6) is 17.2 Å². The van der Waals surface area contributed by atoms with Crippen LogP contribution >= 0.6 is 23.2 Å². The van der Waals surface area contributed by atoms with Crippen molar-refractivity contribution in [3.8, 4) is 34.4 Å². The summed E-state index contributed by atoms with van der Waals surface area (Å²) in [6.45, 7) is 7.58. The van der Waals surface area contributed by atoms with Gasteiger partial charge in [-0.3, -0.25) is 14.9 Å². The molecule has 0 aliphatic carbocycles. The van der Waals surface area contributed by atoms with E-state index in [1.165, 1.54) is 12.6 Å². The lowest BCUT2D eigenvalue weighted by Crippen LogP contribution is -2.47. The van der Waals surface area contributed by atoms with Crippen molar-refractivity contribution in [3.63, 3.8) is 0 Å². The predicted molar refractivity (Wildman–Crippen MR) is 216 cm³/mol. The molecule has 0 bridgehead atoms. The molecule has 2 fully saturated rings. The third-order valence-electron chi connectivity index (χ3n) is 11.1. The summed E-state index contributed by atoms with van der Waals surface area (Å²) in [5.41, 5.74) is 6.97. The zero-order chi connectivity index (χ0) is 38.5. The molecule has 3 aliphatic rings. The number of halogens is 2. The Morgan fingerprint density at radius 2 is 1.71 bits per heavy atom. The summed E-state index contributed by atoms with van der Waals surface area (Å²) in [5, 5.41) is 27.0. The average Bonchev–Trinajstić information content (AvgIpc) is 3.51. The van der Waals surface area contributed by atoms with Gasteiger partial charge >= 0.3 is 0 Å². The summed E-state index contributed by atoms with van der Waals surface area (Å²) >= 11 is 14.0. The van der Waals surface area contributed by atoms with E-state index < -0.39 is 0 Å². The van der Waals surface area contributed by atoms with E-state index >= 15 is 0 Å². The van der Waals surface area contributed by atoms with Crippen molar-refractivity contribution < 1.29 is 19.3 Å². The topological polar surface area (TPSA) is 107 Å². The zero-order valence-electron chi connectivity index (χ0n) is 31.7. The van der Waals surface area contributed by atoms with E-state index in [0.717, 1.165) is 78.1 Å². The Morgan fingerprint density at radius 1 is 0.891 bits per heavy atom. The molecule has 1 N–H and O–H groups in total. The fourth-order valence-corrected chi connectivity index (χ4v) is 8.66. The lowest BCUT2D eigenvalue weighted by molar-refractivity contribution is 0.116. The maximum atomic E-state index is 9.97. The van der Waals surface area contributed by atoms with Gasteiger partial charge in [0.1, 0.15) is 36.5 Å². The number of fused-ring (bicyclic) bond motifs is 1. The van der Waals surface area contributed by atoms with E-state index in [4.69, 9.17) is 37.4 Å². The molecule has 288 valence electrons. The lowest BCUT2D eigenvalue weighted by Gasteiger charge is -2.37. The number of hydrogen-bond acceptors (Lipinski definition) is 10. The molecule has 0 saturated carbocycles. The second-order valence-electron chi connectivity index (χ2n) is 15.0. The van der Waals surface area contributed by atoms with Crippen LogP contribution in [0.1, 0.15) is 47.1 Å². The number of piperidine rings is 2. The Balaban J connectivity index is 1.09. The molecule has 1 aromatic heterocycles. The Labute approximate surface area is 333 Å². The van der Waals surface area contributed by atoms with Crippen LogP contribution in [-0.2, 0) is 19.8 Å². The van der Waals surface area contributed by atoms with E-state index in [1.54, 1.807) is 12.3 Å². The van der Waals surface area contributed by atoms with Crippen LogP contribution in [0.3, 0.4) is 0 Å². The maximum absolute atomic E-state index is 9.97. The number of ether oxygens (including phenoxy) is 3. The third kappa shape index (κ3) is 9.04. The first kappa shape index (κ1) is 38.9. The molecule has 0 amide bonds. The highest BCUT2D eigenvalue weighted by atomic mass is 35.5. The minimum atomic E-state index is -0.0455. The zero-order valence-corrected chi connectivity index (χ0v) is 33.2. The van der Waals surface area contributed by atoms with Gasteiger partial charge in [0.05, 0.1) is 40.6 Å². The summed E-state index contributed by atoms with van der Waals surface area (Å²) < 4.78 is 19.2. The molecule has 2 saturated heterocycles. The number of aliphatic hydroxyl groups excluding tert-OH is 1. The van der Waals surface area contributed by atoms with Gasteiger partial charge in [0.2, 0.25) is 0 Å². The Kier molecular flexibility index (Phi) is 12.5. The number of likely N-dealkylation sites (tertiary alicyclic amines) is 2. The molecule has 3 aliphatic heterocycles. The molecule has 0 radical (unpaired) electrons. The monoisotopic (exact) mass is 782 g/mol. The van der Waals surface area contributed by atoms with E-state index in [-0.39, 0.29) is 31.8 Å². The number of aliphatic hydroxyl groups is 1. The lowest BCUT2D eigenvalue weighted by atomic mass is 9.89. The quantitative estimate of drug-likeness (QED) is 0.147. The van der Waals surface area contributed by atoms with Crippen LogP contribution in [-0.4, -0.2) is 90.1 Å². The van der Waals surface area contributed by atoms with Crippen LogP contribution in [0.4, 0.5) is 0 Å². The first-order valence-electron chi connectivity index (χ1n) is 18.9. The van der Waals surface area contributed by atoms with Gasteiger partial charge in [0.25, 0.3) is 0 Å². The highest BCUT2D eigenvalue weighted by molar-refractivity contribution is 6.35. The van der Waals surface area contributed by atoms with Crippen molar-refractivity contribution in [2.24, 2.45) is 16.9 Å². The van der Waals surface area contributed by atoms with Gasteiger partial charge in [-0.05, 0) is 74.7 Å². The van der Waals surface area contributed by atoms with Gasteiger partial charge in [-0.2, -0.15) is 10.4 Å². The van der Waals surface area contributed by atoms with Crippen molar-refractivity contribution in [2.75, 3.05) is 53.5 Å². The Hall–Kier alpha value is -4.37. The number of benzene rings is 3. The number of hydrogen-bond donors (Lipinski definition) is 1. The standard InChI is InChI=1S/C43H48Cl2N6O4/c1-28-32(8-4-9-34(28)35-10-5-11-40(43(35)45)53-25-29-7-6-13-49(2)21-29)27-55-42-17-41(54-26-31-15-30(18-46)19-47-20-31)33(16-37(42)44)22-51-14-12-39-36(23-51)38(24-52)48-50(39)3/h4-5,8-11,15-17,19-20,29,36,39,52H,6-7,12-14,21-27H2,1-3H3. The van der Waals surface area contributed by atoms with E-state index in [0.29, 0.717) is 51.9 Å². The molecular weight excluding hydrogens is 735 g/mol. The van der Waals surface area contributed by atoms with Crippen LogP contribution in [0.15, 0.2) is 72.1 Å². The molecule has 3 atom stereocenters. The minimum Gasteiger partial charge on any atom is -0.492 e. The first-order valence-corrected chi connectivity index (χ1v) is 19.7. The van der Waals surface area contributed by atoms with E-state index in [1.807, 2.05) is 48.5 Å². The SMILES string of the molecule is Cc1c(COc2cc(OCc3cncc(C#N)c3)c(CN3CCC4C(C3)C(CO)=NN4C)cc2Cl)cccc1-c1cccc(OCC2CCCN(C)C2)c1Cl. The highest BCUT2D eigenvalue weighted by Crippen LogP contribution is 2.40. The molecule has 7 rings (SSSR count). The van der Waals surface area contributed by atoms with Gasteiger partial charge in [-0.1, -0.05) is 53.5 Å². The van der Waals surface area contributed by atoms with Gasteiger partial charge in [0.15, 0.2) is 0 Å². The summed E-state index contributed by atoms with van der Waals surface area (Å²) in [5.74, 6) is 2.49. The number of nitriles is 1. The van der Waals surface area contributed by atoms with Gasteiger partial charge in [-0.15, -0.1) is 0 Å². The molecule has 0 spiro atoms. The van der Waals surface area contributed by atoms with Crippen molar-refractivity contribution in [1.29, 1.82) is 5.26 Å². The molecule has 3 unspecified atom stereocenters. The molecule has 55 heavy (non-hydrogen) atoms.